The van der Waals surface area contributed by atoms with Crippen molar-refractivity contribution < 1.29 is 21.9 Å². The van der Waals surface area contributed by atoms with Crippen molar-refractivity contribution in [2.75, 3.05) is 0 Å². The van der Waals surface area contributed by atoms with Gasteiger partial charge in [-0.2, -0.15) is 15.6 Å². The molecule has 0 radical (unpaired) electrons. The van der Waals surface area contributed by atoms with Crippen molar-refractivity contribution in [3.63, 3.8) is 0 Å². The summed E-state index contributed by atoms with van der Waals surface area (Å²) < 4.78 is 127. The average molecular weight is 309 g/mol. The topological polar surface area (TPSA) is 78.3 Å². The van der Waals surface area contributed by atoms with Crippen LogP contribution in [0.15, 0.2) is 30.8 Å². The van der Waals surface area contributed by atoms with Crippen LogP contribution in [0.3, 0.4) is 0 Å². The van der Waals surface area contributed by atoms with E-state index in [1.54, 1.807) is 0 Å². The molecule has 22 heavy (non-hydrogen) atoms. The lowest BCUT2D eigenvalue weighted by molar-refractivity contribution is 0.646. The summed E-state index contributed by atoms with van der Waals surface area (Å²) in [6.07, 6.45) is -1.74. The molecular weight excluding hydrogens is 274 g/mol. The summed E-state index contributed by atoms with van der Waals surface area (Å²) in [5.41, 5.74) is -9.80. The van der Waals surface area contributed by atoms with Crippen LogP contribution < -0.4 is 0 Å². The van der Waals surface area contributed by atoms with Crippen LogP contribution in [0.4, 0.5) is 0 Å². The summed E-state index contributed by atoms with van der Waals surface area (Å²) in [5.74, 6) is 0. The Morgan fingerprint density at radius 2 is 1.77 bits per heavy atom. The molecule has 2 aromatic rings. The van der Waals surface area contributed by atoms with Gasteiger partial charge in [0.05, 0.1) is 32.2 Å². The number of rotatable bonds is 4. The summed E-state index contributed by atoms with van der Waals surface area (Å²) in [6.45, 7) is -17.7. The highest BCUT2D eigenvalue weighted by Gasteiger charge is 2.26. The fourth-order valence-electron chi connectivity index (χ4n) is 1.59. The summed E-state index contributed by atoms with van der Waals surface area (Å²) in [7, 11) is 0. The molecule has 1 aromatic heterocycles. The van der Waals surface area contributed by atoms with Gasteiger partial charge in [0.15, 0.2) is 0 Å². The van der Waals surface area contributed by atoms with Crippen LogP contribution in [0.2, 0.25) is 0 Å². The molecule has 2 rings (SSSR count). The highest BCUT2D eigenvalue weighted by molar-refractivity contribution is 5.42. The maximum absolute atomic E-state index is 9.90. The lowest BCUT2D eigenvalue weighted by Crippen LogP contribution is -2.20. The molecule has 0 spiro atoms. The van der Waals surface area contributed by atoms with Gasteiger partial charge in [0.1, 0.15) is 15.3 Å². The molecule has 5 heteroatoms. The van der Waals surface area contributed by atoms with Crippen molar-refractivity contribution in [2.45, 2.75) is 44.7 Å². The van der Waals surface area contributed by atoms with Crippen LogP contribution in [0.1, 0.15) is 66.0 Å². The molecule has 0 atom stereocenters. The Kier molecular flexibility index (Phi) is 1.26. The Bertz CT molecular complexity index is 1200. The van der Waals surface area contributed by atoms with Crippen LogP contribution in [-0.4, -0.2) is 14.8 Å². The molecule has 0 bridgehead atoms. The summed E-state index contributed by atoms with van der Waals surface area (Å²) in [5, 5.41) is 23.2. The Labute approximate surface area is 153 Å². The van der Waals surface area contributed by atoms with E-state index in [4.69, 9.17) is 21.9 Å². The molecule has 0 aliphatic rings. The van der Waals surface area contributed by atoms with E-state index in [1.165, 1.54) is 12.1 Å². The van der Waals surface area contributed by atoms with E-state index < -0.39 is 74.0 Å². The predicted molar refractivity (Wildman–Crippen MR) is 82.8 cm³/mol. The van der Waals surface area contributed by atoms with Crippen molar-refractivity contribution in [2.24, 2.45) is 0 Å². The lowest BCUT2D eigenvalue weighted by Gasteiger charge is -2.23. The summed E-state index contributed by atoms with van der Waals surface area (Å²) >= 11 is 0. The third-order valence-corrected chi connectivity index (χ3v) is 2.71. The zero-order valence-corrected chi connectivity index (χ0v) is 11.0. The van der Waals surface area contributed by atoms with Crippen LogP contribution in [0.5, 0.6) is 0 Å². The van der Waals surface area contributed by atoms with Gasteiger partial charge in [-0.05, 0) is 44.1 Å². The van der Waals surface area contributed by atoms with Gasteiger partial charge in [-0.3, -0.25) is 0 Å². The first-order chi connectivity index (χ1) is 16.8. The van der Waals surface area contributed by atoms with Crippen LogP contribution in [0.25, 0.3) is 0 Å². The molecule has 1 aromatic carbocycles. The highest BCUT2D eigenvalue weighted by atomic mass is 15.3. The molecule has 0 N–H and O–H groups in total. The fourth-order valence-corrected chi connectivity index (χ4v) is 1.59. The van der Waals surface area contributed by atoms with E-state index in [0.717, 1.165) is 0 Å². The predicted octanol–water partition coefficient (Wildman–Crippen LogP) is 2.93. The van der Waals surface area contributed by atoms with E-state index in [-0.39, 0.29) is 4.68 Å². The number of aromatic nitrogens is 3. The minimum absolute atomic E-state index is 0.218. The number of nitrogens with zero attached hydrogens (tertiary/aromatic N) is 5. The number of hydrogen-bond donors (Lipinski definition) is 0. The molecular formula is C17H19N5. The van der Waals surface area contributed by atoms with Gasteiger partial charge in [-0.15, -0.1) is 0 Å². The summed E-state index contributed by atoms with van der Waals surface area (Å²) in [4.78, 5) is 3.32. The molecule has 0 amide bonds. The minimum atomic E-state index is -3.66. The van der Waals surface area contributed by atoms with E-state index in [1.807, 2.05) is 0 Å². The third kappa shape index (κ3) is 3.15. The monoisotopic (exact) mass is 309 g/mol. The van der Waals surface area contributed by atoms with E-state index in [2.05, 4.69) is 10.1 Å². The van der Waals surface area contributed by atoms with Crippen molar-refractivity contribution in [1.82, 2.24) is 14.8 Å². The second-order valence-corrected chi connectivity index (χ2v) is 4.36. The Balaban J connectivity index is 3.27. The second-order valence-electron chi connectivity index (χ2n) is 4.36. The van der Waals surface area contributed by atoms with Gasteiger partial charge in [0.2, 0.25) is 0 Å². The quantitative estimate of drug-likeness (QED) is 0.870. The Morgan fingerprint density at radius 1 is 1.18 bits per heavy atom. The zero-order valence-electron chi connectivity index (χ0n) is 27.0. The molecule has 0 saturated carbocycles. The molecule has 0 aliphatic heterocycles. The maximum Gasteiger partial charge on any atom is 0.137 e. The van der Waals surface area contributed by atoms with Gasteiger partial charge in [0.25, 0.3) is 0 Å². The van der Waals surface area contributed by atoms with Crippen molar-refractivity contribution in [1.29, 1.82) is 10.5 Å². The molecule has 0 saturated heterocycles. The second kappa shape index (κ2) is 5.61. The van der Waals surface area contributed by atoms with Gasteiger partial charge in [-0.25, -0.2) is 9.67 Å². The standard InChI is InChI=1S/C17H19N5/c1-16(2,9-18)14-5-13(8-22-12-20-11-21-22)6-15(7-14)17(3,4)10-19/h5-7,11-12H,8H2,1-4H3/i1D3,2D3,3D3,4D3,8D2,11D,12D. The van der Waals surface area contributed by atoms with E-state index in [9.17, 15) is 10.5 Å². The van der Waals surface area contributed by atoms with Gasteiger partial charge in [-0.1, -0.05) is 18.2 Å². The molecule has 5 nitrogen and oxygen atoms in total. The Hall–Kier alpha value is -2.66. The average Bonchev–Trinajstić information content (AvgIpc) is 3.04. The fraction of sp³-hybridized carbons (Fsp3) is 0.412. The SMILES string of the molecule is [2H]c1nc([2H])n(C([2H])([2H])c2cc(C(C#N)(C([2H])([2H])[2H])C([2H])([2H])[2H])cc(C(C#N)(C([2H])([2H])[2H])C([2H])([2H])[2H])c2)n1. The highest BCUT2D eigenvalue weighted by Crippen LogP contribution is 2.30. The van der Waals surface area contributed by atoms with E-state index in [0.29, 0.717) is 18.2 Å². The van der Waals surface area contributed by atoms with Crippen LogP contribution in [0, 0.1) is 22.7 Å². The third-order valence-electron chi connectivity index (χ3n) is 2.71. The van der Waals surface area contributed by atoms with Gasteiger partial charge >= 0.3 is 0 Å². The Morgan fingerprint density at radius 3 is 2.18 bits per heavy atom. The van der Waals surface area contributed by atoms with Crippen LogP contribution in [-0.2, 0) is 17.3 Å². The summed E-state index contributed by atoms with van der Waals surface area (Å²) in [6, 6.07) is 4.05. The molecule has 112 valence electrons. The maximum atomic E-state index is 9.90. The zero-order chi connectivity index (χ0) is 29.9. The molecule has 0 unspecified atom stereocenters. The normalized spacial score (nSPS) is 25.4. The first-order valence-corrected chi connectivity index (χ1v) is 5.75. The van der Waals surface area contributed by atoms with Gasteiger partial charge < -0.3 is 0 Å². The van der Waals surface area contributed by atoms with Crippen LogP contribution >= 0.6 is 0 Å². The minimum Gasteiger partial charge on any atom is -0.249 e. The number of hydrogen-bond acceptors (Lipinski definition) is 4. The molecule has 1 heterocycles. The van der Waals surface area contributed by atoms with Crippen molar-refractivity contribution in [3.8, 4) is 12.1 Å². The number of benzene rings is 1. The first kappa shape index (κ1) is 4.93. The molecule has 0 aliphatic carbocycles. The van der Waals surface area contributed by atoms with Crippen molar-refractivity contribution in [3.05, 3.63) is 47.5 Å². The smallest absolute Gasteiger partial charge is 0.137 e. The van der Waals surface area contributed by atoms with E-state index >= 15 is 0 Å². The lowest BCUT2D eigenvalue weighted by atomic mass is 9.79. The van der Waals surface area contributed by atoms with Gasteiger partial charge in [0, 0.05) is 16.4 Å². The van der Waals surface area contributed by atoms with Crippen molar-refractivity contribution >= 4 is 0 Å². The first-order valence-electron chi connectivity index (χ1n) is 13.7. The number of nitriles is 2. The largest absolute Gasteiger partial charge is 0.249 e. The molecule has 0 fully saturated rings.